The molecule has 0 unspecified atom stereocenters. The Morgan fingerprint density at radius 3 is 2.17 bits per heavy atom. The molecule has 0 radical (unpaired) electrons. The second kappa shape index (κ2) is 19.1. The summed E-state index contributed by atoms with van der Waals surface area (Å²) in [6.45, 7) is 6.58. The molecule has 14 heteroatoms. The summed E-state index contributed by atoms with van der Waals surface area (Å²) in [5, 5.41) is 3.78. The van der Waals surface area contributed by atoms with Gasteiger partial charge in [-0.1, -0.05) is 26.2 Å². The molecule has 2 aromatic heterocycles. The highest BCUT2D eigenvalue weighted by Crippen LogP contribution is 2.39. The van der Waals surface area contributed by atoms with E-state index in [1.54, 1.807) is 44.8 Å². The first-order valence-corrected chi connectivity index (χ1v) is 20.9. The molecule has 0 spiro atoms. The molecule has 1 N–H and O–H groups in total. The smallest absolute Gasteiger partial charge is 0.328 e. The van der Waals surface area contributed by atoms with Gasteiger partial charge in [-0.2, -0.15) is 0 Å². The zero-order chi connectivity index (χ0) is 41.5. The third kappa shape index (κ3) is 9.39. The third-order valence-electron chi connectivity index (χ3n) is 11.9. The van der Waals surface area contributed by atoms with E-state index >= 15 is 0 Å². The third-order valence-corrected chi connectivity index (χ3v) is 11.9. The number of piperidine rings is 2. The SMILES string of the molecule is CCCCCCn1cc(-c2cc(OC)c(CN3CCC(OC4CCN(C(=O)c5ccc(OC)c(N6CCC(=O)NC6=O)c5)CC4)CC3)c(OC)c2)c2ccncc2c1=O. The van der Waals surface area contributed by atoms with E-state index in [1.807, 2.05) is 21.7 Å². The van der Waals surface area contributed by atoms with Crippen molar-refractivity contribution in [2.75, 3.05) is 59.0 Å². The van der Waals surface area contributed by atoms with Gasteiger partial charge in [0.05, 0.1) is 50.2 Å². The zero-order valence-electron chi connectivity index (χ0n) is 34.7. The maximum absolute atomic E-state index is 13.6. The zero-order valence-corrected chi connectivity index (χ0v) is 34.7. The summed E-state index contributed by atoms with van der Waals surface area (Å²) in [6, 6.07) is 10.6. The largest absolute Gasteiger partial charge is 0.496 e. The maximum atomic E-state index is 13.6. The minimum absolute atomic E-state index is 0.0244. The number of hydrogen-bond acceptors (Lipinski definition) is 10. The number of aromatic nitrogens is 2. The number of fused-ring (bicyclic) bond motifs is 1. The van der Waals surface area contributed by atoms with Gasteiger partial charge in [-0.3, -0.25) is 34.5 Å². The molecule has 3 aliphatic heterocycles. The quantitative estimate of drug-likeness (QED) is 0.134. The molecular formula is C45H56N6O8. The van der Waals surface area contributed by atoms with E-state index in [9.17, 15) is 19.2 Å². The molecular weight excluding hydrogens is 753 g/mol. The molecule has 2 aromatic carbocycles. The molecule has 314 valence electrons. The highest BCUT2D eigenvalue weighted by atomic mass is 16.5. The van der Waals surface area contributed by atoms with Crippen LogP contribution in [0.3, 0.4) is 0 Å². The monoisotopic (exact) mass is 808 g/mol. The van der Waals surface area contributed by atoms with Gasteiger partial charge in [0.1, 0.15) is 17.2 Å². The molecule has 0 aliphatic carbocycles. The molecule has 59 heavy (non-hydrogen) atoms. The van der Waals surface area contributed by atoms with E-state index in [2.05, 4.69) is 34.3 Å². The Hall–Kier alpha value is -5.47. The average Bonchev–Trinajstić information content (AvgIpc) is 3.26. The number of unbranched alkanes of at least 4 members (excludes halogenated alkanes) is 3. The van der Waals surface area contributed by atoms with Gasteiger partial charge in [0.25, 0.3) is 11.5 Å². The fourth-order valence-electron chi connectivity index (χ4n) is 8.54. The van der Waals surface area contributed by atoms with E-state index in [0.29, 0.717) is 48.6 Å². The number of benzene rings is 2. The summed E-state index contributed by atoms with van der Waals surface area (Å²) in [5.41, 5.74) is 3.73. The van der Waals surface area contributed by atoms with Crippen LogP contribution in [0.4, 0.5) is 10.5 Å². The minimum Gasteiger partial charge on any atom is -0.496 e. The van der Waals surface area contributed by atoms with Crippen LogP contribution in [0.2, 0.25) is 0 Å². The number of methoxy groups -OCH3 is 3. The number of nitrogens with one attached hydrogen (secondary N) is 1. The van der Waals surface area contributed by atoms with Crippen LogP contribution in [-0.2, 0) is 22.6 Å². The molecule has 3 fully saturated rings. The van der Waals surface area contributed by atoms with Crippen molar-refractivity contribution in [3.05, 3.63) is 76.5 Å². The number of rotatable bonds is 15. The van der Waals surface area contributed by atoms with Gasteiger partial charge in [0.2, 0.25) is 5.91 Å². The van der Waals surface area contributed by atoms with Crippen LogP contribution >= 0.6 is 0 Å². The van der Waals surface area contributed by atoms with Crippen LogP contribution in [0, 0.1) is 0 Å². The second-order valence-electron chi connectivity index (χ2n) is 15.6. The predicted molar refractivity (Wildman–Crippen MR) is 225 cm³/mol. The van der Waals surface area contributed by atoms with Crippen molar-refractivity contribution in [2.24, 2.45) is 0 Å². The predicted octanol–water partition coefficient (Wildman–Crippen LogP) is 6.40. The molecule has 3 aliphatic rings. The van der Waals surface area contributed by atoms with E-state index in [4.69, 9.17) is 18.9 Å². The standard InChI is InChI=1S/C45H56N6O8/c1-5-6-7-8-18-50-29-36(34-11-17-46-27-35(34)44(50)54)31-25-40(57-3)37(41(26-31)58-4)28-48-19-12-32(13-20-48)59-33-14-21-49(22-15-33)43(53)30-9-10-39(56-2)38(24-30)51-23-16-42(52)47-45(51)55/h9-11,17,24-27,29,32-33H,5-8,12-16,18-23,28H2,1-4H3,(H,47,52,55). The fourth-order valence-corrected chi connectivity index (χ4v) is 8.54. The Morgan fingerprint density at radius 1 is 0.814 bits per heavy atom. The number of imide groups is 1. The van der Waals surface area contributed by atoms with E-state index < -0.39 is 6.03 Å². The number of nitrogens with zero attached hydrogens (tertiary/aromatic N) is 5. The number of urea groups is 1. The van der Waals surface area contributed by atoms with Gasteiger partial charge < -0.3 is 28.4 Å². The normalized spacial score (nSPS) is 17.0. The van der Waals surface area contributed by atoms with Gasteiger partial charge in [-0.05, 0) is 79.5 Å². The Balaban J connectivity index is 0.953. The molecule has 5 heterocycles. The lowest BCUT2D eigenvalue weighted by molar-refractivity contribution is -0.120. The van der Waals surface area contributed by atoms with Crippen LogP contribution in [-0.4, -0.2) is 103 Å². The van der Waals surface area contributed by atoms with Crippen molar-refractivity contribution in [3.8, 4) is 28.4 Å². The molecule has 3 saturated heterocycles. The van der Waals surface area contributed by atoms with Crippen molar-refractivity contribution in [3.63, 3.8) is 0 Å². The van der Waals surface area contributed by atoms with Gasteiger partial charge >= 0.3 is 6.03 Å². The summed E-state index contributed by atoms with van der Waals surface area (Å²) >= 11 is 0. The van der Waals surface area contributed by atoms with Crippen LogP contribution in [0.5, 0.6) is 17.2 Å². The summed E-state index contributed by atoms with van der Waals surface area (Å²) in [4.78, 5) is 61.2. The van der Waals surface area contributed by atoms with Crippen LogP contribution in [0.1, 0.15) is 80.6 Å². The lowest BCUT2D eigenvalue weighted by atomic mass is 9.98. The number of ether oxygens (including phenoxy) is 4. The number of amides is 4. The highest BCUT2D eigenvalue weighted by Gasteiger charge is 2.31. The number of hydrogen-bond donors (Lipinski definition) is 1. The second-order valence-corrected chi connectivity index (χ2v) is 15.6. The number of likely N-dealkylation sites (tertiary alicyclic amines) is 2. The van der Waals surface area contributed by atoms with Gasteiger partial charge in [0.15, 0.2) is 0 Å². The summed E-state index contributed by atoms with van der Waals surface area (Å²) in [7, 11) is 4.88. The number of carbonyl (C=O) groups excluding carboxylic acids is 3. The summed E-state index contributed by atoms with van der Waals surface area (Å²) in [6.07, 6.45) is 13.3. The molecule has 0 atom stereocenters. The maximum Gasteiger partial charge on any atom is 0.328 e. The Kier molecular flexibility index (Phi) is 13.5. The van der Waals surface area contributed by atoms with Crippen molar-refractivity contribution in [1.82, 2.24) is 24.7 Å². The summed E-state index contributed by atoms with van der Waals surface area (Å²) in [5.74, 6) is 1.50. The lowest BCUT2D eigenvalue weighted by Crippen LogP contribution is -2.49. The molecule has 7 rings (SSSR count). The fraction of sp³-hybridized carbons (Fsp3) is 0.489. The van der Waals surface area contributed by atoms with Gasteiger partial charge in [0, 0.05) is 82.0 Å². The number of carbonyl (C=O) groups is 3. The van der Waals surface area contributed by atoms with Gasteiger partial charge in [-0.25, -0.2) is 4.79 Å². The Morgan fingerprint density at radius 2 is 1.51 bits per heavy atom. The number of anilines is 1. The Bertz CT molecular complexity index is 2180. The van der Waals surface area contributed by atoms with E-state index in [0.717, 1.165) is 98.0 Å². The minimum atomic E-state index is -0.528. The number of pyridine rings is 2. The van der Waals surface area contributed by atoms with E-state index in [-0.39, 0.29) is 42.5 Å². The molecule has 0 bridgehead atoms. The van der Waals surface area contributed by atoms with Crippen molar-refractivity contribution in [2.45, 2.75) is 90.0 Å². The first-order chi connectivity index (χ1) is 28.7. The highest BCUT2D eigenvalue weighted by molar-refractivity contribution is 6.07. The van der Waals surface area contributed by atoms with Crippen molar-refractivity contribution in [1.29, 1.82) is 0 Å². The molecule has 4 amide bonds. The van der Waals surface area contributed by atoms with Crippen LogP contribution in [0.15, 0.2) is 59.8 Å². The molecule has 4 aromatic rings. The van der Waals surface area contributed by atoms with E-state index in [1.165, 1.54) is 12.0 Å². The van der Waals surface area contributed by atoms with Crippen LogP contribution in [0.25, 0.3) is 21.9 Å². The van der Waals surface area contributed by atoms with Crippen molar-refractivity contribution < 1.29 is 33.3 Å². The van der Waals surface area contributed by atoms with Crippen molar-refractivity contribution >= 4 is 34.3 Å². The molecule has 0 saturated carbocycles. The number of aryl methyl sites for hydroxylation is 1. The first-order valence-electron chi connectivity index (χ1n) is 20.9. The first kappa shape index (κ1) is 41.7. The molecule has 14 nitrogen and oxygen atoms in total. The topological polar surface area (TPSA) is 145 Å². The average molecular weight is 809 g/mol. The Labute approximate surface area is 345 Å². The lowest BCUT2D eigenvalue weighted by Gasteiger charge is -2.37. The van der Waals surface area contributed by atoms with Gasteiger partial charge in [-0.15, -0.1) is 0 Å². The summed E-state index contributed by atoms with van der Waals surface area (Å²) < 4.78 is 25.9. The van der Waals surface area contributed by atoms with Crippen LogP contribution < -0.4 is 30.0 Å².